The van der Waals surface area contributed by atoms with Crippen molar-refractivity contribution in [3.63, 3.8) is 0 Å². The first-order chi connectivity index (χ1) is 8.76. The molecule has 0 aromatic rings. The van der Waals surface area contributed by atoms with Crippen molar-refractivity contribution < 1.29 is 5.11 Å². The molecule has 106 valence electrons. The maximum absolute atomic E-state index is 9.72. The van der Waals surface area contributed by atoms with Crippen molar-refractivity contribution in [3.05, 3.63) is 0 Å². The van der Waals surface area contributed by atoms with Crippen molar-refractivity contribution in [3.8, 4) is 0 Å². The third-order valence-corrected chi connectivity index (χ3v) is 5.41. The molecule has 2 fully saturated rings. The molecule has 0 aliphatic heterocycles. The minimum Gasteiger partial charge on any atom is -0.396 e. The highest BCUT2D eigenvalue weighted by molar-refractivity contribution is 4.86. The maximum atomic E-state index is 9.72. The summed E-state index contributed by atoms with van der Waals surface area (Å²) in [7, 11) is 0. The van der Waals surface area contributed by atoms with Gasteiger partial charge in [-0.05, 0) is 38.5 Å². The van der Waals surface area contributed by atoms with Crippen molar-refractivity contribution in [2.75, 3.05) is 13.2 Å². The molecule has 2 aliphatic carbocycles. The second kappa shape index (κ2) is 6.91. The molecule has 2 nitrogen and oxygen atoms in total. The fraction of sp³-hybridized carbons (Fsp3) is 1.00. The van der Waals surface area contributed by atoms with Gasteiger partial charge in [0.05, 0.1) is 0 Å². The van der Waals surface area contributed by atoms with Gasteiger partial charge in [0.2, 0.25) is 0 Å². The summed E-state index contributed by atoms with van der Waals surface area (Å²) in [5.74, 6) is 0.873. The van der Waals surface area contributed by atoms with E-state index in [4.69, 9.17) is 0 Å². The fourth-order valence-corrected chi connectivity index (χ4v) is 3.87. The topological polar surface area (TPSA) is 32.3 Å². The van der Waals surface area contributed by atoms with Crippen LogP contribution in [-0.2, 0) is 0 Å². The summed E-state index contributed by atoms with van der Waals surface area (Å²) >= 11 is 0. The van der Waals surface area contributed by atoms with Crippen LogP contribution < -0.4 is 5.32 Å². The predicted octanol–water partition coefficient (Wildman–Crippen LogP) is 3.49. The maximum Gasteiger partial charge on any atom is 0.0499 e. The second-order valence-electron chi connectivity index (χ2n) is 6.79. The Bertz CT molecular complexity index is 229. The molecule has 0 amide bonds. The van der Waals surface area contributed by atoms with E-state index in [0.717, 1.165) is 12.5 Å². The predicted molar refractivity (Wildman–Crippen MR) is 76.6 cm³/mol. The van der Waals surface area contributed by atoms with Crippen LogP contribution >= 0.6 is 0 Å². The molecule has 1 atom stereocenters. The average molecular weight is 253 g/mol. The summed E-state index contributed by atoms with van der Waals surface area (Å²) in [6.07, 6.45) is 13.5. The van der Waals surface area contributed by atoms with E-state index >= 15 is 0 Å². The van der Waals surface area contributed by atoms with Crippen LogP contribution in [0.25, 0.3) is 0 Å². The molecule has 0 aromatic heterocycles. The molecule has 2 heteroatoms. The van der Waals surface area contributed by atoms with Crippen LogP contribution in [0.1, 0.15) is 71.1 Å². The van der Waals surface area contributed by atoms with Crippen molar-refractivity contribution in [1.82, 2.24) is 5.32 Å². The van der Waals surface area contributed by atoms with Gasteiger partial charge in [-0.2, -0.15) is 0 Å². The highest BCUT2D eigenvalue weighted by Gasteiger charge is 2.32. The molecular formula is C16H31NO. The van der Waals surface area contributed by atoms with E-state index in [-0.39, 0.29) is 5.41 Å². The molecule has 0 aromatic carbocycles. The SMILES string of the molecule is CC(NCC1(CO)CCCCC1)C1CCCCC1. The van der Waals surface area contributed by atoms with E-state index in [9.17, 15) is 5.11 Å². The van der Waals surface area contributed by atoms with Crippen LogP contribution in [0, 0.1) is 11.3 Å². The second-order valence-corrected chi connectivity index (χ2v) is 6.79. The first-order valence-corrected chi connectivity index (χ1v) is 8.10. The smallest absolute Gasteiger partial charge is 0.0499 e. The quantitative estimate of drug-likeness (QED) is 0.786. The van der Waals surface area contributed by atoms with E-state index in [2.05, 4.69) is 12.2 Å². The van der Waals surface area contributed by atoms with Crippen molar-refractivity contribution >= 4 is 0 Å². The van der Waals surface area contributed by atoms with Gasteiger partial charge in [-0.3, -0.25) is 0 Å². The molecule has 2 saturated carbocycles. The molecule has 2 aliphatic rings. The van der Waals surface area contributed by atoms with Crippen LogP contribution in [0.4, 0.5) is 0 Å². The number of aliphatic hydroxyl groups excluding tert-OH is 1. The molecule has 1 unspecified atom stereocenters. The third-order valence-electron chi connectivity index (χ3n) is 5.41. The molecule has 0 radical (unpaired) electrons. The first-order valence-electron chi connectivity index (χ1n) is 8.10. The highest BCUT2D eigenvalue weighted by Crippen LogP contribution is 2.35. The van der Waals surface area contributed by atoms with E-state index in [0.29, 0.717) is 12.6 Å². The summed E-state index contributed by atoms with van der Waals surface area (Å²) in [4.78, 5) is 0. The van der Waals surface area contributed by atoms with Gasteiger partial charge >= 0.3 is 0 Å². The van der Waals surface area contributed by atoms with E-state index in [1.165, 1.54) is 64.2 Å². The van der Waals surface area contributed by atoms with E-state index in [1.54, 1.807) is 0 Å². The average Bonchev–Trinajstić information content (AvgIpc) is 2.47. The number of hydrogen-bond acceptors (Lipinski definition) is 2. The zero-order chi connectivity index (χ0) is 12.8. The lowest BCUT2D eigenvalue weighted by atomic mass is 9.74. The lowest BCUT2D eigenvalue weighted by Crippen LogP contribution is -2.44. The monoisotopic (exact) mass is 253 g/mol. The van der Waals surface area contributed by atoms with Crippen molar-refractivity contribution in [2.24, 2.45) is 11.3 Å². The molecule has 2 N–H and O–H groups in total. The van der Waals surface area contributed by atoms with E-state index < -0.39 is 0 Å². The minimum absolute atomic E-state index is 0.196. The zero-order valence-electron chi connectivity index (χ0n) is 12.1. The Balaban J connectivity index is 1.77. The lowest BCUT2D eigenvalue weighted by Gasteiger charge is -2.38. The van der Waals surface area contributed by atoms with Gasteiger partial charge in [-0.15, -0.1) is 0 Å². The standard InChI is InChI=1S/C16H31NO/c1-14(15-8-4-2-5-9-15)17-12-16(13-18)10-6-3-7-11-16/h14-15,17-18H,2-13H2,1H3. The summed E-state index contributed by atoms with van der Waals surface area (Å²) in [5, 5.41) is 13.5. The van der Waals surface area contributed by atoms with E-state index in [1.807, 2.05) is 0 Å². The lowest BCUT2D eigenvalue weighted by molar-refractivity contribution is 0.0752. The van der Waals surface area contributed by atoms with Gasteiger partial charge in [0.1, 0.15) is 0 Å². The molecule has 18 heavy (non-hydrogen) atoms. The normalized spacial score (nSPS) is 27.0. The Morgan fingerprint density at radius 2 is 1.67 bits per heavy atom. The largest absolute Gasteiger partial charge is 0.396 e. The Morgan fingerprint density at radius 3 is 2.28 bits per heavy atom. The van der Waals surface area contributed by atoms with Crippen LogP contribution in [0.15, 0.2) is 0 Å². The van der Waals surface area contributed by atoms with Gasteiger partial charge in [0, 0.05) is 24.6 Å². The van der Waals surface area contributed by atoms with Gasteiger partial charge in [-0.25, -0.2) is 0 Å². The van der Waals surface area contributed by atoms with Crippen LogP contribution in [0.3, 0.4) is 0 Å². The van der Waals surface area contributed by atoms with Gasteiger partial charge in [0.15, 0.2) is 0 Å². The Kier molecular flexibility index (Phi) is 5.50. The third kappa shape index (κ3) is 3.71. The highest BCUT2D eigenvalue weighted by atomic mass is 16.3. The van der Waals surface area contributed by atoms with Gasteiger partial charge < -0.3 is 10.4 Å². The summed E-state index contributed by atoms with van der Waals surface area (Å²) < 4.78 is 0. The molecular weight excluding hydrogens is 222 g/mol. The molecule has 0 bridgehead atoms. The molecule has 0 saturated heterocycles. The summed E-state index contributed by atoms with van der Waals surface area (Å²) in [6.45, 7) is 3.75. The number of rotatable bonds is 5. The number of aliphatic hydroxyl groups is 1. The summed E-state index contributed by atoms with van der Waals surface area (Å²) in [5.41, 5.74) is 0.196. The number of nitrogens with one attached hydrogen (secondary N) is 1. The van der Waals surface area contributed by atoms with Crippen LogP contribution in [0.5, 0.6) is 0 Å². The Morgan fingerprint density at radius 1 is 1.06 bits per heavy atom. The van der Waals surface area contributed by atoms with Crippen LogP contribution in [-0.4, -0.2) is 24.3 Å². The van der Waals surface area contributed by atoms with Crippen molar-refractivity contribution in [1.29, 1.82) is 0 Å². The zero-order valence-corrected chi connectivity index (χ0v) is 12.1. The van der Waals surface area contributed by atoms with Gasteiger partial charge in [0.25, 0.3) is 0 Å². The Labute approximate surface area is 113 Å². The first kappa shape index (κ1) is 14.3. The Hall–Kier alpha value is -0.0800. The molecule has 0 heterocycles. The summed E-state index contributed by atoms with van der Waals surface area (Å²) in [6, 6.07) is 0.635. The van der Waals surface area contributed by atoms with Crippen molar-refractivity contribution in [2.45, 2.75) is 77.2 Å². The fourth-order valence-electron chi connectivity index (χ4n) is 3.87. The molecule has 2 rings (SSSR count). The number of hydrogen-bond donors (Lipinski definition) is 2. The minimum atomic E-state index is 0.196. The molecule has 0 spiro atoms. The van der Waals surface area contributed by atoms with Gasteiger partial charge in [-0.1, -0.05) is 38.5 Å². The van der Waals surface area contributed by atoms with Crippen LogP contribution in [0.2, 0.25) is 0 Å².